The van der Waals surface area contributed by atoms with Gasteiger partial charge < -0.3 is 27.9 Å². The molecule has 0 aliphatic rings. The molecule has 0 radical (unpaired) electrons. The molecule has 0 aromatic carbocycles. The van der Waals surface area contributed by atoms with Crippen LogP contribution in [0.5, 0.6) is 0 Å². The van der Waals surface area contributed by atoms with Crippen LogP contribution in [-0.2, 0) is 32.7 Å². The molecule has 0 heterocycles. The number of quaternary nitrogens is 1. The molecular weight excluding hydrogens is 737 g/mol. The minimum absolute atomic E-state index is 0.0277. The lowest BCUT2D eigenvalue weighted by Gasteiger charge is -2.28. The molecule has 0 aromatic heterocycles. The molecular formula is C47H92NO8P. The van der Waals surface area contributed by atoms with Crippen LogP contribution in [0.25, 0.3) is 0 Å². The second kappa shape index (κ2) is 40.2. The highest BCUT2D eigenvalue weighted by Gasteiger charge is 2.21. The van der Waals surface area contributed by atoms with Crippen LogP contribution in [0.15, 0.2) is 12.7 Å². The summed E-state index contributed by atoms with van der Waals surface area (Å²) in [6.45, 7) is 5.79. The zero-order valence-corrected chi connectivity index (χ0v) is 38.8. The normalized spacial score (nSPS) is 13.4. The molecule has 0 bridgehead atoms. The van der Waals surface area contributed by atoms with Crippen LogP contribution < -0.4 is 4.89 Å². The minimum atomic E-state index is -4.62. The van der Waals surface area contributed by atoms with Crippen molar-refractivity contribution in [3.05, 3.63) is 12.7 Å². The Bertz CT molecular complexity index is 972. The van der Waals surface area contributed by atoms with Gasteiger partial charge in [-0.3, -0.25) is 14.2 Å². The van der Waals surface area contributed by atoms with Crippen molar-refractivity contribution in [3.63, 3.8) is 0 Å². The number of unbranched alkanes of at least 4 members (excludes halogenated alkanes) is 30. The molecule has 2 atom stereocenters. The maximum Gasteiger partial charge on any atom is 0.306 e. The van der Waals surface area contributed by atoms with Crippen LogP contribution >= 0.6 is 7.82 Å². The Morgan fingerprint density at radius 3 is 1.32 bits per heavy atom. The quantitative estimate of drug-likeness (QED) is 0.0196. The van der Waals surface area contributed by atoms with Gasteiger partial charge in [-0.25, -0.2) is 0 Å². The number of likely N-dealkylation sites (N-methyl/N-ethyl adjacent to an activating group) is 1. The molecule has 0 aliphatic carbocycles. The van der Waals surface area contributed by atoms with E-state index < -0.39 is 26.5 Å². The van der Waals surface area contributed by atoms with E-state index in [0.29, 0.717) is 17.4 Å². The van der Waals surface area contributed by atoms with Gasteiger partial charge in [-0.2, -0.15) is 0 Å². The second-order valence-electron chi connectivity index (χ2n) is 17.6. The number of allylic oxidation sites excluding steroid dienone is 1. The van der Waals surface area contributed by atoms with Crippen molar-refractivity contribution in [1.29, 1.82) is 0 Å². The molecule has 0 saturated heterocycles. The van der Waals surface area contributed by atoms with E-state index in [1.165, 1.54) is 161 Å². The van der Waals surface area contributed by atoms with Gasteiger partial charge in [0.05, 0.1) is 27.7 Å². The van der Waals surface area contributed by atoms with Gasteiger partial charge >= 0.3 is 11.9 Å². The Labute approximate surface area is 352 Å². The van der Waals surface area contributed by atoms with E-state index in [0.717, 1.165) is 38.5 Å². The fraction of sp³-hybridized carbons (Fsp3) is 0.915. The van der Waals surface area contributed by atoms with E-state index in [1.807, 2.05) is 27.2 Å². The SMILES string of the molecule is C=CCCCCCCCCCCCCCCCC(=O)OC[C@H](COP(=O)([O-])OCC[N+](C)(C)C)OC(=O)CCCCCCCCCCCCCCCCCCCC. The van der Waals surface area contributed by atoms with Gasteiger partial charge in [-0.05, 0) is 25.7 Å². The number of carbonyl (C=O) groups excluding carboxylic acids is 2. The predicted molar refractivity (Wildman–Crippen MR) is 236 cm³/mol. The van der Waals surface area contributed by atoms with Crippen LogP contribution in [0.2, 0.25) is 0 Å². The fourth-order valence-corrected chi connectivity index (χ4v) is 7.66. The summed E-state index contributed by atoms with van der Waals surface area (Å²) in [6, 6.07) is 0. The van der Waals surface area contributed by atoms with E-state index in [9.17, 15) is 19.0 Å². The molecule has 9 nitrogen and oxygen atoms in total. The number of phosphoric ester groups is 1. The monoisotopic (exact) mass is 830 g/mol. The molecule has 0 spiro atoms. The molecule has 0 N–H and O–H groups in total. The van der Waals surface area contributed by atoms with Crippen molar-refractivity contribution in [2.75, 3.05) is 47.5 Å². The average molecular weight is 830 g/mol. The highest BCUT2D eigenvalue weighted by Crippen LogP contribution is 2.38. The van der Waals surface area contributed by atoms with Gasteiger partial charge in [-0.1, -0.05) is 193 Å². The van der Waals surface area contributed by atoms with E-state index >= 15 is 0 Å². The largest absolute Gasteiger partial charge is 0.756 e. The number of esters is 2. The van der Waals surface area contributed by atoms with Crippen LogP contribution in [0.1, 0.15) is 225 Å². The Kier molecular flexibility index (Phi) is 39.3. The van der Waals surface area contributed by atoms with Gasteiger partial charge in [0.25, 0.3) is 7.82 Å². The van der Waals surface area contributed by atoms with Crippen molar-refractivity contribution in [2.45, 2.75) is 231 Å². The first-order valence-electron chi connectivity index (χ1n) is 23.9. The predicted octanol–water partition coefficient (Wildman–Crippen LogP) is 13.1. The van der Waals surface area contributed by atoms with Gasteiger partial charge in [0, 0.05) is 12.8 Å². The lowest BCUT2D eigenvalue weighted by Crippen LogP contribution is -2.37. The summed E-state index contributed by atoms with van der Waals surface area (Å²) in [5.41, 5.74) is 0. The summed E-state index contributed by atoms with van der Waals surface area (Å²) in [4.78, 5) is 37.6. The van der Waals surface area contributed by atoms with Crippen molar-refractivity contribution in [3.8, 4) is 0 Å². The Balaban J connectivity index is 4.25. The molecule has 0 amide bonds. The molecule has 338 valence electrons. The van der Waals surface area contributed by atoms with E-state index in [2.05, 4.69) is 13.5 Å². The Morgan fingerprint density at radius 2 is 0.930 bits per heavy atom. The third-order valence-corrected chi connectivity index (χ3v) is 11.6. The highest BCUT2D eigenvalue weighted by molar-refractivity contribution is 7.45. The average Bonchev–Trinajstić information content (AvgIpc) is 3.16. The number of hydrogen-bond acceptors (Lipinski definition) is 8. The molecule has 10 heteroatoms. The van der Waals surface area contributed by atoms with Gasteiger partial charge in [0.2, 0.25) is 0 Å². The number of nitrogens with zero attached hydrogens (tertiary/aromatic N) is 1. The van der Waals surface area contributed by atoms with Crippen molar-refractivity contribution in [1.82, 2.24) is 0 Å². The second-order valence-corrected chi connectivity index (χ2v) is 19.0. The maximum atomic E-state index is 12.7. The summed E-state index contributed by atoms with van der Waals surface area (Å²) >= 11 is 0. The Morgan fingerprint density at radius 1 is 0.561 bits per heavy atom. The van der Waals surface area contributed by atoms with Crippen molar-refractivity contribution >= 4 is 19.8 Å². The molecule has 1 unspecified atom stereocenters. The molecule has 0 aliphatic heterocycles. The first-order valence-corrected chi connectivity index (χ1v) is 25.3. The molecule has 57 heavy (non-hydrogen) atoms. The van der Waals surface area contributed by atoms with Crippen molar-refractivity contribution in [2.24, 2.45) is 0 Å². The lowest BCUT2D eigenvalue weighted by molar-refractivity contribution is -0.870. The zero-order valence-electron chi connectivity index (χ0n) is 37.9. The van der Waals surface area contributed by atoms with Gasteiger partial charge in [0.15, 0.2) is 6.10 Å². The summed E-state index contributed by atoms with van der Waals surface area (Å²) in [5, 5.41) is 0. The lowest BCUT2D eigenvalue weighted by atomic mass is 10.0. The number of hydrogen-bond donors (Lipinski definition) is 0. The zero-order chi connectivity index (χ0) is 42.1. The standard InChI is InChI=1S/C47H92NO8P/c1-6-8-10-12-14-16-18-20-22-23-24-26-28-30-32-34-36-38-40-47(50)56-45(44-55-57(51,52)54-42-41-48(3,4)5)43-53-46(49)39-37-35-33-31-29-27-25-21-19-17-15-13-11-9-7-2/h7,45H,2,6,8-44H2,1,3-5H3/t45-/m1/s1. The van der Waals surface area contributed by atoms with E-state index in [-0.39, 0.29) is 32.0 Å². The molecule has 0 saturated carbocycles. The first kappa shape index (κ1) is 55.8. The maximum absolute atomic E-state index is 12.7. The first-order chi connectivity index (χ1) is 27.5. The smallest absolute Gasteiger partial charge is 0.306 e. The molecule has 0 fully saturated rings. The van der Waals surface area contributed by atoms with Crippen LogP contribution in [0.4, 0.5) is 0 Å². The summed E-state index contributed by atoms with van der Waals surface area (Å²) < 4.78 is 34.0. The fourth-order valence-electron chi connectivity index (χ4n) is 6.93. The number of phosphoric acid groups is 1. The van der Waals surface area contributed by atoms with Crippen LogP contribution in [0, 0.1) is 0 Å². The number of ether oxygens (including phenoxy) is 2. The number of rotatable bonds is 45. The minimum Gasteiger partial charge on any atom is -0.756 e. The highest BCUT2D eigenvalue weighted by atomic mass is 31.2. The van der Waals surface area contributed by atoms with Gasteiger partial charge in [-0.15, -0.1) is 6.58 Å². The molecule has 0 aromatic rings. The molecule has 0 rings (SSSR count). The third kappa shape index (κ3) is 44.1. The summed E-state index contributed by atoms with van der Waals surface area (Å²) in [5.74, 6) is -0.824. The van der Waals surface area contributed by atoms with Crippen LogP contribution in [0.3, 0.4) is 0 Å². The van der Waals surface area contributed by atoms with Gasteiger partial charge in [0.1, 0.15) is 19.8 Å². The topological polar surface area (TPSA) is 111 Å². The van der Waals surface area contributed by atoms with Crippen molar-refractivity contribution < 1.29 is 42.1 Å². The van der Waals surface area contributed by atoms with E-state index in [4.69, 9.17) is 18.5 Å². The third-order valence-electron chi connectivity index (χ3n) is 10.7. The summed E-state index contributed by atoms with van der Waals surface area (Å²) in [7, 11) is 1.18. The van der Waals surface area contributed by atoms with Crippen LogP contribution in [-0.4, -0.2) is 70.0 Å². The summed E-state index contributed by atoms with van der Waals surface area (Å²) in [6.07, 6.45) is 41.2. The Hall–Kier alpha value is -1.25. The van der Waals surface area contributed by atoms with E-state index in [1.54, 1.807) is 0 Å². The number of carbonyl (C=O) groups is 2.